The molecule has 2 aromatic heterocycles. The first kappa shape index (κ1) is 18.7. The van der Waals surface area contributed by atoms with Crippen LogP contribution in [0.1, 0.15) is 43.1 Å². The number of nitrogens with zero attached hydrogens (tertiary/aromatic N) is 4. The van der Waals surface area contributed by atoms with E-state index in [1.807, 2.05) is 35.7 Å². The van der Waals surface area contributed by atoms with Gasteiger partial charge in [-0.15, -0.1) is 0 Å². The van der Waals surface area contributed by atoms with Crippen molar-refractivity contribution in [2.75, 3.05) is 18.0 Å². The number of carbonyl (C=O) groups excluding carboxylic acids is 1. The third-order valence-electron chi connectivity index (χ3n) is 5.29. The van der Waals surface area contributed by atoms with Gasteiger partial charge >= 0.3 is 0 Å². The second-order valence-corrected chi connectivity index (χ2v) is 7.94. The van der Waals surface area contributed by atoms with Crippen LogP contribution in [-0.2, 0) is 4.79 Å². The molecule has 0 radical (unpaired) electrons. The first-order valence-electron chi connectivity index (χ1n) is 9.55. The smallest absolute Gasteiger partial charge is 0.217 e. The zero-order chi connectivity index (χ0) is 19.8. The van der Waals surface area contributed by atoms with Gasteiger partial charge < -0.3 is 10.2 Å². The summed E-state index contributed by atoms with van der Waals surface area (Å²) in [6.07, 6.45) is 0.928. The van der Waals surface area contributed by atoms with Crippen molar-refractivity contribution in [1.29, 1.82) is 0 Å². The predicted molar refractivity (Wildman–Crippen MR) is 111 cm³/mol. The number of nitrogens with one attached hydrogen (secondary N) is 1. The summed E-state index contributed by atoms with van der Waals surface area (Å²) < 4.78 is 1.92. The lowest BCUT2D eigenvalue weighted by molar-refractivity contribution is -0.119. The van der Waals surface area contributed by atoms with Crippen molar-refractivity contribution in [3.63, 3.8) is 0 Å². The summed E-state index contributed by atoms with van der Waals surface area (Å²) in [5, 5.41) is 8.62. The molecule has 1 N–H and O–H groups in total. The minimum atomic E-state index is 0.0149. The van der Waals surface area contributed by atoms with Gasteiger partial charge in [0.15, 0.2) is 5.65 Å². The molecular weight excluding hydrogens is 374 g/mol. The molecule has 1 aromatic carbocycles. The van der Waals surface area contributed by atoms with Crippen molar-refractivity contribution in [3.05, 3.63) is 58.4 Å². The molecule has 6 nitrogen and oxygen atoms in total. The van der Waals surface area contributed by atoms with Crippen LogP contribution in [0.25, 0.3) is 5.65 Å². The predicted octanol–water partition coefficient (Wildman–Crippen LogP) is 3.56. The van der Waals surface area contributed by atoms with E-state index in [0.29, 0.717) is 0 Å². The second kappa shape index (κ2) is 7.43. The highest BCUT2D eigenvalue weighted by molar-refractivity contribution is 6.30. The monoisotopic (exact) mass is 397 g/mol. The summed E-state index contributed by atoms with van der Waals surface area (Å²) in [7, 11) is 0. The molecule has 0 bridgehead atoms. The molecule has 1 saturated heterocycles. The molecule has 146 valence electrons. The molecule has 1 fully saturated rings. The Hall–Kier alpha value is -2.60. The van der Waals surface area contributed by atoms with Crippen molar-refractivity contribution < 1.29 is 4.79 Å². The second-order valence-electron chi connectivity index (χ2n) is 7.50. The van der Waals surface area contributed by atoms with Crippen LogP contribution >= 0.6 is 11.6 Å². The number of hydrogen-bond donors (Lipinski definition) is 1. The summed E-state index contributed by atoms with van der Waals surface area (Å²) >= 11 is 6.02. The van der Waals surface area contributed by atoms with E-state index >= 15 is 0 Å². The highest BCUT2D eigenvalue weighted by Gasteiger charge is 2.26. The van der Waals surface area contributed by atoms with Gasteiger partial charge in [-0.25, -0.2) is 4.98 Å². The molecule has 3 aromatic rings. The summed E-state index contributed by atoms with van der Waals surface area (Å²) in [5.74, 6) is 1.17. The molecule has 28 heavy (non-hydrogen) atoms. The van der Waals surface area contributed by atoms with Gasteiger partial charge in [-0.05, 0) is 31.0 Å². The fourth-order valence-corrected chi connectivity index (χ4v) is 3.96. The maximum Gasteiger partial charge on any atom is 0.217 e. The Morgan fingerprint density at radius 2 is 2.04 bits per heavy atom. The normalized spacial score (nSPS) is 17.9. The van der Waals surface area contributed by atoms with E-state index in [2.05, 4.69) is 34.3 Å². The SMILES string of the molecule is CC(=O)N[C@H]1CCN(c2cc(C)nc3cc(C(C)c4ccc(Cl)cc4)nn23)C1. The Morgan fingerprint density at radius 3 is 2.75 bits per heavy atom. The maximum absolute atomic E-state index is 11.4. The lowest BCUT2D eigenvalue weighted by atomic mass is 9.98. The van der Waals surface area contributed by atoms with Crippen LogP contribution in [0.3, 0.4) is 0 Å². The van der Waals surface area contributed by atoms with Gasteiger partial charge in [0.25, 0.3) is 0 Å². The number of benzene rings is 1. The minimum absolute atomic E-state index is 0.0149. The van der Waals surface area contributed by atoms with Crippen LogP contribution in [0.15, 0.2) is 36.4 Å². The van der Waals surface area contributed by atoms with Gasteiger partial charge in [-0.3, -0.25) is 4.79 Å². The zero-order valence-electron chi connectivity index (χ0n) is 16.3. The van der Waals surface area contributed by atoms with Crippen molar-refractivity contribution in [3.8, 4) is 0 Å². The third-order valence-corrected chi connectivity index (χ3v) is 5.54. The Kier molecular flexibility index (Phi) is 4.98. The molecule has 1 amide bonds. The number of aryl methyl sites for hydroxylation is 1. The van der Waals surface area contributed by atoms with E-state index in [0.717, 1.165) is 52.9 Å². The molecule has 3 heterocycles. The summed E-state index contributed by atoms with van der Waals surface area (Å²) in [4.78, 5) is 18.3. The number of anilines is 1. The van der Waals surface area contributed by atoms with Gasteiger partial charge in [0.2, 0.25) is 5.91 Å². The van der Waals surface area contributed by atoms with E-state index in [-0.39, 0.29) is 17.9 Å². The van der Waals surface area contributed by atoms with E-state index in [1.54, 1.807) is 6.92 Å². The van der Waals surface area contributed by atoms with Gasteiger partial charge in [-0.1, -0.05) is 30.7 Å². The number of rotatable bonds is 4. The lowest BCUT2D eigenvalue weighted by Gasteiger charge is -2.20. The number of carbonyl (C=O) groups is 1. The summed E-state index contributed by atoms with van der Waals surface area (Å²) in [6.45, 7) is 7.36. The van der Waals surface area contributed by atoms with Crippen LogP contribution in [-0.4, -0.2) is 39.6 Å². The Morgan fingerprint density at radius 1 is 1.29 bits per heavy atom. The molecular formula is C21H24ClN5O. The molecule has 1 unspecified atom stereocenters. The average Bonchev–Trinajstić information content (AvgIpc) is 3.27. The van der Waals surface area contributed by atoms with Crippen molar-refractivity contribution in [2.24, 2.45) is 0 Å². The fourth-order valence-electron chi connectivity index (χ4n) is 3.83. The number of aromatic nitrogens is 3. The highest BCUT2D eigenvalue weighted by Crippen LogP contribution is 2.28. The van der Waals surface area contributed by atoms with E-state index in [4.69, 9.17) is 16.7 Å². The maximum atomic E-state index is 11.4. The number of amides is 1. The number of hydrogen-bond acceptors (Lipinski definition) is 4. The van der Waals surface area contributed by atoms with Crippen LogP contribution in [0, 0.1) is 6.92 Å². The molecule has 7 heteroatoms. The molecule has 0 spiro atoms. The first-order valence-corrected chi connectivity index (χ1v) is 9.93. The average molecular weight is 398 g/mol. The largest absolute Gasteiger partial charge is 0.354 e. The Labute approximate surface area is 169 Å². The molecule has 0 saturated carbocycles. The molecule has 1 aliphatic rings. The minimum Gasteiger partial charge on any atom is -0.354 e. The highest BCUT2D eigenvalue weighted by atomic mass is 35.5. The standard InChI is InChI=1S/C21H24ClN5O/c1-13-10-21(26-9-8-18(12-26)24-15(3)28)27-20(23-13)11-19(25-27)14(2)16-4-6-17(22)7-5-16/h4-7,10-11,14,18H,8-9,12H2,1-3H3,(H,24,28)/t14?,18-/m0/s1. The van der Waals surface area contributed by atoms with Crippen molar-refractivity contribution >= 4 is 29.0 Å². The van der Waals surface area contributed by atoms with Gasteiger partial charge in [-0.2, -0.15) is 9.61 Å². The van der Waals surface area contributed by atoms with E-state index in [1.165, 1.54) is 0 Å². The first-order chi connectivity index (χ1) is 13.4. The van der Waals surface area contributed by atoms with E-state index in [9.17, 15) is 4.79 Å². The Balaban J connectivity index is 1.67. The quantitative estimate of drug-likeness (QED) is 0.731. The van der Waals surface area contributed by atoms with E-state index < -0.39 is 0 Å². The van der Waals surface area contributed by atoms with Gasteiger partial charge in [0.05, 0.1) is 5.69 Å². The van der Waals surface area contributed by atoms with Crippen LogP contribution < -0.4 is 10.2 Å². The topological polar surface area (TPSA) is 62.5 Å². The summed E-state index contributed by atoms with van der Waals surface area (Å²) in [6, 6.07) is 12.2. The van der Waals surface area contributed by atoms with Crippen molar-refractivity contribution in [2.45, 2.75) is 39.2 Å². The molecule has 0 aliphatic carbocycles. The molecule has 2 atom stereocenters. The van der Waals surface area contributed by atoms with Crippen LogP contribution in [0.2, 0.25) is 5.02 Å². The van der Waals surface area contributed by atoms with Crippen LogP contribution in [0.4, 0.5) is 5.82 Å². The van der Waals surface area contributed by atoms with Gasteiger partial charge in [0.1, 0.15) is 5.82 Å². The van der Waals surface area contributed by atoms with Gasteiger partial charge in [0, 0.05) is 54.8 Å². The number of fused-ring (bicyclic) bond motifs is 1. The summed E-state index contributed by atoms with van der Waals surface area (Å²) in [5.41, 5.74) is 3.93. The zero-order valence-corrected chi connectivity index (χ0v) is 17.1. The van der Waals surface area contributed by atoms with Crippen LogP contribution in [0.5, 0.6) is 0 Å². The number of halogens is 1. The Bertz CT molecular complexity index is 1010. The molecule has 1 aliphatic heterocycles. The fraction of sp³-hybridized carbons (Fsp3) is 0.381. The molecule has 4 rings (SSSR count). The third kappa shape index (κ3) is 3.69. The van der Waals surface area contributed by atoms with Crippen molar-refractivity contribution in [1.82, 2.24) is 19.9 Å². The lowest BCUT2D eigenvalue weighted by Crippen LogP contribution is -2.36.